The Kier molecular flexibility index (Phi) is 2.97. The van der Waals surface area contributed by atoms with Gasteiger partial charge in [-0.1, -0.05) is 34.1 Å². The van der Waals surface area contributed by atoms with E-state index < -0.39 is 0 Å². The third kappa shape index (κ3) is 1.79. The van der Waals surface area contributed by atoms with Crippen LogP contribution in [0, 0.1) is 0 Å². The zero-order valence-corrected chi connectivity index (χ0v) is 11.3. The molecular weight excluding hydrogens is 296 g/mol. The number of nitrogens with zero attached hydrogens (tertiary/aromatic N) is 1. The molecule has 1 aromatic heterocycles. The van der Waals surface area contributed by atoms with E-state index in [1.54, 1.807) is 6.20 Å². The Balaban J connectivity index is 1.97. The summed E-state index contributed by atoms with van der Waals surface area (Å²) in [6, 6.07) is 7.96. The molecule has 0 bridgehead atoms. The average Bonchev–Trinajstić information content (AvgIpc) is 2.79. The molecule has 1 aliphatic rings. The van der Waals surface area contributed by atoms with Crippen LogP contribution in [0.25, 0.3) is 11.3 Å². The minimum absolute atomic E-state index is 0.0515. The first-order chi connectivity index (χ1) is 8.75. The number of aliphatic hydroxyl groups is 1. The summed E-state index contributed by atoms with van der Waals surface area (Å²) in [5, 5.41) is 9.48. The van der Waals surface area contributed by atoms with Gasteiger partial charge in [0.15, 0.2) is 0 Å². The average molecular weight is 309 g/mol. The van der Waals surface area contributed by atoms with Gasteiger partial charge in [-0.15, -0.1) is 0 Å². The van der Waals surface area contributed by atoms with Gasteiger partial charge in [0, 0.05) is 10.0 Å². The van der Waals surface area contributed by atoms with E-state index in [1.807, 2.05) is 24.3 Å². The van der Waals surface area contributed by atoms with Gasteiger partial charge in [0.25, 0.3) is 0 Å². The molecular formula is C13H13BrN2O2. The Labute approximate surface area is 113 Å². The number of aliphatic hydroxyl groups excluding tert-OH is 1. The molecule has 94 valence electrons. The quantitative estimate of drug-likeness (QED) is 0.913. The maximum Gasteiger partial charge on any atom is 0.119 e. The first kappa shape index (κ1) is 11.9. The Morgan fingerprint density at radius 1 is 1.39 bits per heavy atom. The van der Waals surface area contributed by atoms with E-state index in [4.69, 9.17) is 4.74 Å². The number of halogens is 1. The number of nitrogens with one attached hydrogen (secondary N) is 1. The fraction of sp³-hybridized carbons (Fsp3) is 0.308. The van der Waals surface area contributed by atoms with E-state index in [1.165, 1.54) is 0 Å². The number of hydrogen-bond acceptors (Lipinski definition) is 3. The molecule has 0 aliphatic carbocycles. The fourth-order valence-electron chi connectivity index (χ4n) is 2.06. The van der Waals surface area contributed by atoms with Gasteiger partial charge < -0.3 is 14.8 Å². The number of aromatic nitrogens is 2. The van der Waals surface area contributed by atoms with Crippen LogP contribution in [0.5, 0.6) is 0 Å². The summed E-state index contributed by atoms with van der Waals surface area (Å²) in [5.74, 6) is 0.794. The van der Waals surface area contributed by atoms with Crippen LogP contribution in [0.1, 0.15) is 5.82 Å². The second kappa shape index (κ2) is 4.50. The van der Waals surface area contributed by atoms with Crippen molar-refractivity contribution in [3.63, 3.8) is 0 Å². The zero-order valence-electron chi connectivity index (χ0n) is 9.69. The molecule has 2 N–H and O–H groups in total. The smallest absolute Gasteiger partial charge is 0.119 e. The van der Waals surface area contributed by atoms with Gasteiger partial charge in [-0.2, -0.15) is 0 Å². The molecule has 1 aliphatic heterocycles. The fourth-order valence-corrected chi connectivity index (χ4v) is 2.56. The Morgan fingerprint density at radius 2 is 2.17 bits per heavy atom. The van der Waals surface area contributed by atoms with E-state index in [-0.39, 0.29) is 12.0 Å². The molecule has 1 saturated heterocycles. The Bertz CT molecular complexity index is 558. The van der Waals surface area contributed by atoms with Gasteiger partial charge >= 0.3 is 0 Å². The number of hydrogen-bond donors (Lipinski definition) is 2. The highest BCUT2D eigenvalue weighted by Gasteiger charge is 2.42. The van der Waals surface area contributed by atoms with Crippen molar-refractivity contribution in [1.29, 1.82) is 0 Å². The molecule has 3 rings (SSSR count). The van der Waals surface area contributed by atoms with E-state index in [9.17, 15) is 5.11 Å². The second-order valence-electron chi connectivity index (χ2n) is 4.56. The van der Waals surface area contributed by atoms with Crippen molar-refractivity contribution in [2.75, 3.05) is 19.8 Å². The van der Waals surface area contributed by atoms with Crippen molar-refractivity contribution >= 4 is 15.9 Å². The molecule has 1 fully saturated rings. The third-order valence-electron chi connectivity index (χ3n) is 3.30. The predicted octanol–water partition coefficient (Wildman–Crippen LogP) is 2.10. The summed E-state index contributed by atoms with van der Waals surface area (Å²) in [6.07, 6.45) is 1.80. The highest BCUT2D eigenvalue weighted by molar-refractivity contribution is 9.10. The first-order valence-electron chi connectivity index (χ1n) is 5.74. The van der Waals surface area contributed by atoms with Gasteiger partial charge in [-0.3, -0.25) is 0 Å². The topological polar surface area (TPSA) is 58.1 Å². The largest absolute Gasteiger partial charge is 0.395 e. The second-order valence-corrected chi connectivity index (χ2v) is 5.41. The van der Waals surface area contributed by atoms with Crippen LogP contribution in [-0.2, 0) is 10.2 Å². The van der Waals surface area contributed by atoms with Crippen LogP contribution in [0.2, 0.25) is 0 Å². The monoisotopic (exact) mass is 308 g/mol. The molecule has 4 nitrogen and oxygen atoms in total. The highest BCUT2D eigenvalue weighted by atomic mass is 79.9. The molecule has 5 heteroatoms. The maximum absolute atomic E-state index is 9.48. The molecule has 0 spiro atoms. The van der Waals surface area contributed by atoms with Crippen LogP contribution in [0.15, 0.2) is 34.9 Å². The summed E-state index contributed by atoms with van der Waals surface area (Å²) in [7, 11) is 0. The molecule has 0 unspecified atom stereocenters. The number of imidazole rings is 1. The number of aromatic amines is 1. The summed E-state index contributed by atoms with van der Waals surface area (Å²) in [5.41, 5.74) is 1.65. The van der Waals surface area contributed by atoms with E-state index >= 15 is 0 Å². The van der Waals surface area contributed by atoms with Crippen LogP contribution < -0.4 is 0 Å². The van der Waals surface area contributed by atoms with Gasteiger partial charge in [0.2, 0.25) is 0 Å². The van der Waals surface area contributed by atoms with Crippen molar-refractivity contribution in [2.45, 2.75) is 5.41 Å². The lowest BCUT2D eigenvalue weighted by Crippen LogP contribution is -2.50. The normalized spacial score (nSPS) is 17.4. The van der Waals surface area contributed by atoms with Crippen molar-refractivity contribution < 1.29 is 9.84 Å². The van der Waals surface area contributed by atoms with E-state index in [0.29, 0.717) is 13.2 Å². The van der Waals surface area contributed by atoms with E-state index in [0.717, 1.165) is 21.6 Å². The third-order valence-corrected chi connectivity index (χ3v) is 3.99. The number of ether oxygens (including phenoxy) is 1. The van der Waals surface area contributed by atoms with Crippen molar-refractivity contribution in [2.24, 2.45) is 0 Å². The number of H-pyrrole nitrogens is 1. The van der Waals surface area contributed by atoms with E-state index in [2.05, 4.69) is 25.9 Å². The van der Waals surface area contributed by atoms with Crippen LogP contribution in [0.4, 0.5) is 0 Å². The van der Waals surface area contributed by atoms with Crippen LogP contribution in [-0.4, -0.2) is 34.9 Å². The number of rotatable bonds is 3. The first-order valence-corrected chi connectivity index (χ1v) is 6.53. The minimum Gasteiger partial charge on any atom is -0.395 e. The minimum atomic E-state index is -0.348. The summed E-state index contributed by atoms with van der Waals surface area (Å²) in [6.45, 7) is 1.09. The summed E-state index contributed by atoms with van der Waals surface area (Å²) in [4.78, 5) is 7.67. The van der Waals surface area contributed by atoms with Crippen molar-refractivity contribution in [3.8, 4) is 11.3 Å². The Morgan fingerprint density at radius 3 is 2.78 bits per heavy atom. The lowest BCUT2D eigenvalue weighted by molar-refractivity contribution is -0.0880. The highest BCUT2D eigenvalue weighted by Crippen LogP contribution is 2.32. The van der Waals surface area contributed by atoms with Gasteiger partial charge in [0.1, 0.15) is 5.82 Å². The standard InChI is InChI=1S/C13H13BrN2O2/c14-10-4-2-1-3-9(10)11-5-15-12(16-11)13(6-17)7-18-8-13/h1-5,17H,6-8H2,(H,15,16). The van der Waals surface area contributed by atoms with Crippen LogP contribution >= 0.6 is 15.9 Å². The number of benzene rings is 1. The van der Waals surface area contributed by atoms with Gasteiger partial charge in [-0.05, 0) is 6.07 Å². The van der Waals surface area contributed by atoms with Crippen molar-refractivity contribution in [1.82, 2.24) is 9.97 Å². The lowest BCUT2D eigenvalue weighted by Gasteiger charge is -2.37. The van der Waals surface area contributed by atoms with Crippen molar-refractivity contribution in [3.05, 3.63) is 40.8 Å². The molecule has 0 radical (unpaired) electrons. The molecule has 0 amide bonds. The predicted molar refractivity (Wildman–Crippen MR) is 71.3 cm³/mol. The van der Waals surface area contributed by atoms with Crippen LogP contribution in [0.3, 0.4) is 0 Å². The molecule has 0 atom stereocenters. The van der Waals surface area contributed by atoms with Gasteiger partial charge in [-0.25, -0.2) is 4.98 Å². The zero-order chi connectivity index (χ0) is 12.6. The molecule has 2 aromatic rings. The molecule has 18 heavy (non-hydrogen) atoms. The van der Waals surface area contributed by atoms with Gasteiger partial charge in [0.05, 0.1) is 37.1 Å². The molecule has 1 aromatic carbocycles. The summed E-state index contributed by atoms with van der Waals surface area (Å²) < 4.78 is 6.21. The SMILES string of the molecule is OCC1(c2ncc(-c3ccccc3Br)[nH]2)COC1. The summed E-state index contributed by atoms with van der Waals surface area (Å²) >= 11 is 3.52. The molecule has 0 saturated carbocycles. The lowest BCUT2D eigenvalue weighted by atomic mass is 9.86. The maximum atomic E-state index is 9.48. The molecule has 2 heterocycles. The Hall–Kier alpha value is -1.17.